The molecule has 0 atom stereocenters. The van der Waals surface area contributed by atoms with E-state index in [9.17, 15) is 4.79 Å². The standard InChI is InChI=1S/C21H31N5OS/c1-4-25(5-2)18-13-11-16(12-14-18)20-23-24-21(26(20)6-3)28-15-19(27)22-17-9-7-8-10-17/h11-14,17H,4-10,15H2,1-3H3,(H,22,27). The molecular weight excluding hydrogens is 370 g/mol. The Labute approximate surface area is 172 Å². The predicted octanol–water partition coefficient (Wildman–Crippen LogP) is 3.96. The van der Waals surface area contributed by atoms with E-state index in [1.165, 1.54) is 30.3 Å². The van der Waals surface area contributed by atoms with Crippen molar-refractivity contribution in [2.45, 2.75) is 64.2 Å². The van der Waals surface area contributed by atoms with Gasteiger partial charge in [-0.3, -0.25) is 4.79 Å². The topological polar surface area (TPSA) is 63.1 Å². The van der Waals surface area contributed by atoms with Gasteiger partial charge in [0.15, 0.2) is 11.0 Å². The van der Waals surface area contributed by atoms with Crippen molar-refractivity contribution in [2.75, 3.05) is 23.7 Å². The van der Waals surface area contributed by atoms with Crippen LogP contribution in [0.5, 0.6) is 0 Å². The Morgan fingerprint density at radius 3 is 2.43 bits per heavy atom. The molecule has 3 rings (SSSR count). The van der Waals surface area contributed by atoms with Crippen LogP contribution < -0.4 is 10.2 Å². The highest BCUT2D eigenvalue weighted by molar-refractivity contribution is 7.99. The highest BCUT2D eigenvalue weighted by Crippen LogP contribution is 2.26. The summed E-state index contributed by atoms with van der Waals surface area (Å²) in [6.45, 7) is 9.16. The molecule has 0 spiro atoms. The second-order valence-corrected chi connectivity index (χ2v) is 8.05. The number of benzene rings is 1. The smallest absolute Gasteiger partial charge is 0.230 e. The number of nitrogens with zero attached hydrogens (tertiary/aromatic N) is 4. The van der Waals surface area contributed by atoms with Gasteiger partial charge in [0, 0.05) is 36.9 Å². The van der Waals surface area contributed by atoms with Crippen LogP contribution in [-0.4, -0.2) is 45.6 Å². The van der Waals surface area contributed by atoms with E-state index in [0.717, 1.165) is 49.0 Å². The first-order chi connectivity index (χ1) is 13.7. The molecule has 0 aliphatic heterocycles. The number of carbonyl (C=O) groups is 1. The molecular formula is C21H31N5OS. The van der Waals surface area contributed by atoms with E-state index < -0.39 is 0 Å². The number of thioether (sulfide) groups is 1. The van der Waals surface area contributed by atoms with E-state index in [2.05, 4.69) is 70.0 Å². The molecule has 6 nitrogen and oxygen atoms in total. The van der Waals surface area contributed by atoms with Gasteiger partial charge in [-0.15, -0.1) is 10.2 Å². The summed E-state index contributed by atoms with van der Waals surface area (Å²) >= 11 is 1.46. The molecule has 1 fully saturated rings. The maximum atomic E-state index is 12.2. The van der Waals surface area contributed by atoms with Gasteiger partial charge in [0.25, 0.3) is 0 Å². The monoisotopic (exact) mass is 401 g/mol. The normalized spacial score (nSPS) is 14.4. The Balaban J connectivity index is 1.66. The summed E-state index contributed by atoms with van der Waals surface area (Å²) in [4.78, 5) is 14.5. The molecule has 1 aromatic carbocycles. The van der Waals surface area contributed by atoms with Crippen molar-refractivity contribution in [3.63, 3.8) is 0 Å². The Morgan fingerprint density at radius 1 is 1.14 bits per heavy atom. The highest BCUT2D eigenvalue weighted by atomic mass is 32.2. The van der Waals surface area contributed by atoms with Crippen molar-refractivity contribution in [2.24, 2.45) is 0 Å². The van der Waals surface area contributed by atoms with Crippen LogP contribution in [0.15, 0.2) is 29.4 Å². The number of carbonyl (C=O) groups excluding carboxylic acids is 1. The van der Waals surface area contributed by atoms with Crippen LogP contribution in [0.25, 0.3) is 11.4 Å². The zero-order valence-corrected chi connectivity index (χ0v) is 18.0. The van der Waals surface area contributed by atoms with Gasteiger partial charge in [0.1, 0.15) is 0 Å². The Morgan fingerprint density at radius 2 is 1.82 bits per heavy atom. The lowest BCUT2D eigenvalue weighted by molar-refractivity contribution is -0.119. The first-order valence-electron chi connectivity index (χ1n) is 10.4. The minimum absolute atomic E-state index is 0.0904. The van der Waals surface area contributed by atoms with Gasteiger partial charge >= 0.3 is 0 Å². The molecule has 7 heteroatoms. The summed E-state index contributed by atoms with van der Waals surface area (Å²) in [5, 5.41) is 12.7. The molecule has 1 saturated carbocycles. The number of aromatic nitrogens is 3. The van der Waals surface area contributed by atoms with Crippen molar-refractivity contribution in [3.05, 3.63) is 24.3 Å². The third-order valence-electron chi connectivity index (χ3n) is 5.34. The second kappa shape index (κ2) is 9.96. The van der Waals surface area contributed by atoms with E-state index >= 15 is 0 Å². The van der Waals surface area contributed by atoms with Crippen molar-refractivity contribution in [3.8, 4) is 11.4 Å². The third kappa shape index (κ3) is 4.87. The number of rotatable bonds is 9. The summed E-state index contributed by atoms with van der Waals surface area (Å²) in [5.41, 5.74) is 2.27. The van der Waals surface area contributed by atoms with E-state index in [1.54, 1.807) is 0 Å². The molecule has 2 aromatic rings. The first kappa shape index (κ1) is 20.7. The lowest BCUT2D eigenvalue weighted by atomic mass is 10.2. The summed E-state index contributed by atoms with van der Waals surface area (Å²) < 4.78 is 2.08. The van der Waals surface area contributed by atoms with E-state index in [4.69, 9.17) is 0 Å². The van der Waals surface area contributed by atoms with Crippen LogP contribution >= 0.6 is 11.8 Å². The molecule has 1 aromatic heterocycles. The lowest BCUT2D eigenvalue weighted by Crippen LogP contribution is -2.33. The maximum absolute atomic E-state index is 12.2. The largest absolute Gasteiger partial charge is 0.372 e. The number of amides is 1. The van der Waals surface area contributed by atoms with Gasteiger partial charge in [0.05, 0.1) is 5.75 Å². The number of anilines is 1. The highest BCUT2D eigenvalue weighted by Gasteiger charge is 2.19. The molecule has 1 aliphatic rings. The minimum Gasteiger partial charge on any atom is -0.372 e. The van der Waals surface area contributed by atoms with Crippen LogP contribution in [0, 0.1) is 0 Å². The summed E-state index contributed by atoms with van der Waals surface area (Å²) in [6, 6.07) is 8.84. The predicted molar refractivity (Wildman–Crippen MR) is 116 cm³/mol. The van der Waals surface area contributed by atoms with Crippen LogP contribution in [0.4, 0.5) is 5.69 Å². The van der Waals surface area contributed by atoms with Crippen molar-refractivity contribution in [1.82, 2.24) is 20.1 Å². The van der Waals surface area contributed by atoms with Gasteiger partial charge < -0.3 is 14.8 Å². The number of hydrogen-bond donors (Lipinski definition) is 1. The van der Waals surface area contributed by atoms with Crippen LogP contribution in [0.2, 0.25) is 0 Å². The Kier molecular flexibility index (Phi) is 7.36. The molecule has 0 bridgehead atoms. The average molecular weight is 402 g/mol. The second-order valence-electron chi connectivity index (χ2n) is 7.11. The summed E-state index contributed by atoms with van der Waals surface area (Å²) in [5.74, 6) is 1.33. The summed E-state index contributed by atoms with van der Waals surface area (Å²) in [7, 11) is 0. The van der Waals surface area contributed by atoms with Crippen LogP contribution in [-0.2, 0) is 11.3 Å². The SMILES string of the molecule is CCN(CC)c1ccc(-c2nnc(SCC(=O)NC3CCCC3)n2CC)cc1. The molecule has 28 heavy (non-hydrogen) atoms. The van der Waals surface area contributed by atoms with E-state index in [0.29, 0.717) is 11.8 Å². The third-order valence-corrected chi connectivity index (χ3v) is 6.31. The first-order valence-corrected chi connectivity index (χ1v) is 11.4. The fraction of sp³-hybridized carbons (Fsp3) is 0.571. The molecule has 0 unspecified atom stereocenters. The Bertz CT molecular complexity index is 764. The average Bonchev–Trinajstić information content (AvgIpc) is 3.37. The molecule has 0 radical (unpaired) electrons. The van der Waals surface area contributed by atoms with Crippen LogP contribution in [0.3, 0.4) is 0 Å². The van der Waals surface area contributed by atoms with Gasteiger partial charge in [0.2, 0.25) is 5.91 Å². The van der Waals surface area contributed by atoms with Gasteiger partial charge in [-0.05, 0) is 57.9 Å². The fourth-order valence-corrected chi connectivity index (χ4v) is 4.59. The van der Waals surface area contributed by atoms with E-state index in [-0.39, 0.29) is 5.91 Å². The maximum Gasteiger partial charge on any atom is 0.230 e. The molecule has 1 N–H and O–H groups in total. The van der Waals surface area contributed by atoms with Crippen molar-refractivity contribution >= 4 is 23.4 Å². The summed E-state index contributed by atoms with van der Waals surface area (Å²) in [6.07, 6.45) is 4.65. The zero-order chi connectivity index (χ0) is 19.9. The molecule has 1 amide bonds. The number of hydrogen-bond acceptors (Lipinski definition) is 5. The molecule has 152 valence electrons. The number of nitrogens with one attached hydrogen (secondary N) is 1. The van der Waals surface area contributed by atoms with Gasteiger partial charge in [-0.2, -0.15) is 0 Å². The molecule has 1 heterocycles. The van der Waals surface area contributed by atoms with Gasteiger partial charge in [-0.25, -0.2) is 0 Å². The quantitative estimate of drug-likeness (QED) is 0.644. The van der Waals surface area contributed by atoms with E-state index in [1.807, 2.05) is 0 Å². The molecule has 1 aliphatic carbocycles. The fourth-order valence-electron chi connectivity index (χ4n) is 3.77. The Hall–Kier alpha value is -2.02. The van der Waals surface area contributed by atoms with Crippen LogP contribution in [0.1, 0.15) is 46.5 Å². The van der Waals surface area contributed by atoms with Crippen molar-refractivity contribution in [1.29, 1.82) is 0 Å². The minimum atomic E-state index is 0.0904. The van der Waals surface area contributed by atoms with Gasteiger partial charge in [-0.1, -0.05) is 24.6 Å². The lowest BCUT2D eigenvalue weighted by Gasteiger charge is -2.21. The molecule has 0 saturated heterocycles. The zero-order valence-electron chi connectivity index (χ0n) is 17.1. The van der Waals surface area contributed by atoms with Crippen molar-refractivity contribution < 1.29 is 4.79 Å².